The summed E-state index contributed by atoms with van der Waals surface area (Å²) in [6.07, 6.45) is 4.34. The van der Waals surface area contributed by atoms with Crippen LogP contribution in [0.3, 0.4) is 0 Å². The number of carbonyl (C=O) groups is 1. The van der Waals surface area contributed by atoms with E-state index in [1.54, 1.807) is 6.07 Å². The quantitative estimate of drug-likeness (QED) is 0.593. The Balaban J connectivity index is 2.00. The van der Waals surface area contributed by atoms with Gasteiger partial charge in [-0.1, -0.05) is 56.0 Å². The molecule has 3 unspecified atom stereocenters. The van der Waals surface area contributed by atoms with Crippen molar-refractivity contribution in [3.8, 4) is 23.3 Å². The fourth-order valence-corrected chi connectivity index (χ4v) is 4.13. The summed E-state index contributed by atoms with van der Waals surface area (Å²) in [5.41, 5.74) is 1.09. The number of rotatable bonds is 4. The first-order valence-corrected chi connectivity index (χ1v) is 10.0. The van der Waals surface area contributed by atoms with Crippen LogP contribution in [0.2, 0.25) is 0 Å². The minimum Gasteiger partial charge on any atom is -0.506 e. The molecular weight excluding hydrogens is 364 g/mol. The molecule has 4 atom stereocenters. The van der Waals surface area contributed by atoms with E-state index < -0.39 is 12.0 Å². The zero-order valence-electron chi connectivity index (χ0n) is 17.4. The van der Waals surface area contributed by atoms with Gasteiger partial charge in [-0.3, -0.25) is 4.79 Å². The molecule has 1 aliphatic carbocycles. The fourth-order valence-electron chi connectivity index (χ4n) is 4.13. The molecule has 4 heteroatoms. The highest BCUT2D eigenvalue weighted by Gasteiger charge is 2.39. The molecule has 0 aliphatic heterocycles. The first-order chi connectivity index (χ1) is 13.9. The Kier molecular flexibility index (Phi) is 6.30. The molecule has 0 saturated carbocycles. The second kappa shape index (κ2) is 8.71. The highest BCUT2D eigenvalue weighted by atomic mass is 16.5. The molecule has 0 amide bonds. The zero-order chi connectivity index (χ0) is 21.1. The predicted molar refractivity (Wildman–Crippen MR) is 115 cm³/mol. The minimum atomic E-state index is -1.06. The van der Waals surface area contributed by atoms with Crippen molar-refractivity contribution in [3.63, 3.8) is 0 Å². The highest BCUT2D eigenvalue weighted by Crippen LogP contribution is 2.43. The molecule has 0 bridgehead atoms. The van der Waals surface area contributed by atoms with E-state index in [-0.39, 0.29) is 28.9 Å². The average Bonchev–Trinajstić information content (AvgIpc) is 2.69. The van der Waals surface area contributed by atoms with Crippen LogP contribution < -0.4 is 4.74 Å². The molecule has 3 rings (SSSR count). The number of aliphatic hydroxyl groups excluding tert-OH is 1. The molecule has 0 saturated heterocycles. The summed E-state index contributed by atoms with van der Waals surface area (Å²) in [5, 5.41) is 23.0. The zero-order valence-corrected chi connectivity index (χ0v) is 17.4. The van der Waals surface area contributed by atoms with E-state index in [0.717, 1.165) is 17.4 Å². The van der Waals surface area contributed by atoms with Crippen LogP contribution in [0.1, 0.15) is 43.1 Å². The minimum absolute atomic E-state index is 0.0709. The smallest absolute Gasteiger partial charge is 0.173 e. The lowest BCUT2D eigenvalue weighted by Crippen LogP contribution is -2.38. The molecule has 29 heavy (non-hydrogen) atoms. The summed E-state index contributed by atoms with van der Waals surface area (Å²) in [5.74, 6) is 5.48. The van der Waals surface area contributed by atoms with Crippen LogP contribution in [0, 0.1) is 29.6 Å². The van der Waals surface area contributed by atoms with Crippen molar-refractivity contribution in [3.05, 3.63) is 47.5 Å². The van der Waals surface area contributed by atoms with Gasteiger partial charge in [-0.05, 0) is 42.7 Å². The van der Waals surface area contributed by atoms with Crippen LogP contribution in [0.5, 0.6) is 11.5 Å². The van der Waals surface area contributed by atoms with Crippen molar-refractivity contribution in [2.75, 3.05) is 7.11 Å². The number of hydrogen-bond acceptors (Lipinski definition) is 4. The number of allylic oxidation sites excluding steroid dienone is 2. The van der Waals surface area contributed by atoms with Crippen LogP contribution in [0.15, 0.2) is 36.4 Å². The lowest BCUT2D eigenvalue weighted by Gasteiger charge is -2.31. The summed E-state index contributed by atoms with van der Waals surface area (Å²) >= 11 is 0. The molecule has 0 aromatic heterocycles. The van der Waals surface area contributed by atoms with E-state index in [0.29, 0.717) is 17.6 Å². The number of phenols is 1. The van der Waals surface area contributed by atoms with Crippen LogP contribution in [-0.2, 0) is 6.42 Å². The van der Waals surface area contributed by atoms with Gasteiger partial charge in [0, 0.05) is 5.92 Å². The van der Waals surface area contributed by atoms with Gasteiger partial charge in [-0.25, -0.2) is 0 Å². The lowest BCUT2D eigenvalue weighted by atomic mass is 9.72. The Bertz CT molecular complexity index is 1010. The largest absolute Gasteiger partial charge is 0.506 e. The fraction of sp³-hybridized carbons (Fsp3) is 0.400. The summed E-state index contributed by atoms with van der Waals surface area (Å²) in [6.45, 7) is 5.90. The van der Waals surface area contributed by atoms with Crippen molar-refractivity contribution < 1.29 is 19.7 Å². The number of ether oxygens (including phenoxy) is 1. The number of methoxy groups -OCH3 is 1. The van der Waals surface area contributed by atoms with E-state index in [4.69, 9.17) is 4.74 Å². The third-order valence-corrected chi connectivity index (χ3v) is 5.65. The van der Waals surface area contributed by atoms with Gasteiger partial charge in [0.1, 0.15) is 17.6 Å². The van der Waals surface area contributed by atoms with Gasteiger partial charge >= 0.3 is 0 Å². The Labute approximate surface area is 172 Å². The summed E-state index contributed by atoms with van der Waals surface area (Å²) in [7, 11) is 1.54. The van der Waals surface area contributed by atoms with Crippen LogP contribution in [0.4, 0.5) is 0 Å². The molecule has 4 nitrogen and oxygen atoms in total. The van der Waals surface area contributed by atoms with Crippen LogP contribution >= 0.6 is 0 Å². The van der Waals surface area contributed by atoms with Crippen molar-refractivity contribution >= 4 is 16.6 Å². The van der Waals surface area contributed by atoms with Crippen LogP contribution in [-0.4, -0.2) is 29.2 Å². The molecular formula is C25H28O4. The number of Topliss-reactive ketones (excluding diaryl/α,β-unsaturated/α-hetero) is 1. The number of carbonyl (C=O) groups excluding carboxylic acids is 1. The maximum atomic E-state index is 13.3. The maximum absolute atomic E-state index is 13.3. The standard InChI is InChI=1S/C25H28O4/c1-5-6-8-15(2)11-12-19(26)21-16(3)13-18-14-17-9-7-10-20(29-4)22(17)25(28)23(18)24(21)27/h5-7,9-10,14-16,19,21,26,28H,8,13H2,1-4H3/b6-5-/t15-,16?,19?,21?/m1/s1. The van der Waals surface area contributed by atoms with Gasteiger partial charge in [0.15, 0.2) is 5.78 Å². The molecule has 0 radical (unpaired) electrons. The van der Waals surface area contributed by atoms with Crippen molar-refractivity contribution in [1.29, 1.82) is 0 Å². The topological polar surface area (TPSA) is 66.8 Å². The number of fused-ring (bicyclic) bond motifs is 2. The van der Waals surface area contributed by atoms with Gasteiger partial charge in [0.05, 0.1) is 24.0 Å². The van der Waals surface area contributed by atoms with E-state index >= 15 is 0 Å². The maximum Gasteiger partial charge on any atom is 0.173 e. The van der Waals surface area contributed by atoms with Gasteiger partial charge < -0.3 is 14.9 Å². The Morgan fingerprint density at radius 1 is 1.34 bits per heavy atom. The molecule has 2 aromatic rings. The van der Waals surface area contributed by atoms with Gasteiger partial charge in [0.25, 0.3) is 0 Å². The molecule has 0 spiro atoms. The van der Waals surface area contributed by atoms with Crippen molar-refractivity contribution in [1.82, 2.24) is 0 Å². The average molecular weight is 392 g/mol. The number of aromatic hydroxyl groups is 1. The van der Waals surface area contributed by atoms with E-state index in [1.807, 2.05) is 51.1 Å². The monoisotopic (exact) mass is 392 g/mol. The van der Waals surface area contributed by atoms with Crippen LogP contribution in [0.25, 0.3) is 10.8 Å². The summed E-state index contributed by atoms with van der Waals surface area (Å²) in [6, 6.07) is 7.45. The van der Waals surface area contributed by atoms with E-state index in [9.17, 15) is 15.0 Å². The van der Waals surface area contributed by atoms with Gasteiger partial charge in [-0.15, -0.1) is 0 Å². The SMILES string of the molecule is C/C=C\C[C@@H](C)C#CC(O)C1C(=O)c2c(cc3cccc(OC)c3c2O)CC1C. The van der Waals surface area contributed by atoms with Crippen molar-refractivity contribution in [2.24, 2.45) is 17.8 Å². The summed E-state index contributed by atoms with van der Waals surface area (Å²) < 4.78 is 5.38. The Hall–Kier alpha value is -2.77. The normalized spacial score (nSPS) is 20.8. The molecule has 2 N–H and O–H groups in total. The first kappa shape index (κ1) is 21.0. The number of aliphatic hydroxyl groups is 1. The second-order valence-corrected chi connectivity index (χ2v) is 7.83. The Morgan fingerprint density at radius 2 is 2.10 bits per heavy atom. The highest BCUT2D eigenvalue weighted by molar-refractivity contribution is 6.09. The Morgan fingerprint density at radius 3 is 2.79 bits per heavy atom. The number of hydrogen-bond donors (Lipinski definition) is 2. The first-order valence-electron chi connectivity index (χ1n) is 10.0. The molecule has 2 aromatic carbocycles. The number of ketones is 1. The van der Waals surface area contributed by atoms with E-state index in [1.165, 1.54) is 7.11 Å². The molecule has 1 aliphatic rings. The van der Waals surface area contributed by atoms with Gasteiger partial charge in [0.2, 0.25) is 0 Å². The van der Waals surface area contributed by atoms with Crippen molar-refractivity contribution in [2.45, 2.75) is 39.7 Å². The molecule has 0 heterocycles. The third kappa shape index (κ3) is 4.02. The molecule has 152 valence electrons. The van der Waals surface area contributed by atoms with Gasteiger partial charge in [-0.2, -0.15) is 0 Å². The molecule has 0 fully saturated rings. The van der Waals surface area contributed by atoms with E-state index in [2.05, 4.69) is 11.8 Å². The number of phenolic OH excluding ortho intramolecular Hbond substituents is 1. The number of benzene rings is 2. The summed E-state index contributed by atoms with van der Waals surface area (Å²) in [4.78, 5) is 13.3. The second-order valence-electron chi connectivity index (χ2n) is 7.83. The third-order valence-electron chi connectivity index (χ3n) is 5.65. The lowest BCUT2D eigenvalue weighted by molar-refractivity contribution is 0.0668. The predicted octanol–water partition coefficient (Wildman–Crippen LogP) is 4.51.